The summed E-state index contributed by atoms with van der Waals surface area (Å²) in [6, 6.07) is 8.47. The molecule has 2 unspecified atom stereocenters. The Kier molecular flexibility index (Phi) is 3.95. The van der Waals surface area contributed by atoms with Crippen molar-refractivity contribution in [2.45, 2.75) is 18.9 Å². The van der Waals surface area contributed by atoms with E-state index in [0.29, 0.717) is 12.0 Å². The van der Waals surface area contributed by atoms with Gasteiger partial charge in [0, 0.05) is 16.8 Å². The second kappa shape index (κ2) is 5.24. The van der Waals surface area contributed by atoms with Gasteiger partial charge in [-0.2, -0.15) is 11.8 Å². The SMILES string of the molecule is NC1CSCCC1Cc1cccc(Cl)c1. The standard InChI is InChI=1S/C12H16ClNS/c13-11-3-1-2-9(7-11)6-10-4-5-15-8-12(10)14/h1-3,7,10,12H,4-6,8,14H2. The van der Waals surface area contributed by atoms with Crippen LogP contribution in [-0.2, 0) is 6.42 Å². The smallest absolute Gasteiger partial charge is 0.0408 e. The number of nitrogens with two attached hydrogens (primary N) is 1. The minimum atomic E-state index is 0.350. The topological polar surface area (TPSA) is 26.0 Å². The molecule has 82 valence electrons. The van der Waals surface area contributed by atoms with Gasteiger partial charge < -0.3 is 5.73 Å². The summed E-state index contributed by atoms with van der Waals surface area (Å²) in [5, 5.41) is 0.825. The van der Waals surface area contributed by atoms with E-state index in [2.05, 4.69) is 12.1 Å². The van der Waals surface area contributed by atoms with E-state index >= 15 is 0 Å². The molecule has 1 aliphatic rings. The van der Waals surface area contributed by atoms with E-state index in [9.17, 15) is 0 Å². The van der Waals surface area contributed by atoms with Crippen LogP contribution in [0.3, 0.4) is 0 Å². The van der Waals surface area contributed by atoms with Gasteiger partial charge in [0.2, 0.25) is 0 Å². The zero-order valence-corrected chi connectivity index (χ0v) is 10.2. The van der Waals surface area contributed by atoms with Crippen molar-refractivity contribution in [3.8, 4) is 0 Å². The fraction of sp³-hybridized carbons (Fsp3) is 0.500. The van der Waals surface area contributed by atoms with Crippen molar-refractivity contribution in [2.75, 3.05) is 11.5 Å². The number of benzene rings is 1. The van der Waals surface area contributed by atoms with E-state index in [1.165, 1.54) is 17.7 Å². The van der Waals surface area contributed by atoms with Gasteiger partial charge in [0.05, 0.1) is 0 Å². The number of thioether (sulfide) groups is 1. The maximum atomic E-state index is 6.11. The maximum absolute atomic E-state index is 6.11. The van der Waals surface area contributed by atoms with Crippen LogP contribution in [0.25, 0.3) is 0 Å². The number of halogens is 1. The molecular weight excluding hydrogens is 226 g/mol. The summed E-state index contributed by atoms with van der Waals surface area (Å²) in [7, 11) is 0. The Balaban J connectivity index is 2.01. The van der Waals surface area contributed by atoms with Gasteiger partial charge in [-0.05, 0) is 42.2 Å². The van der Waals surface area contributed by atoms with E-state index in [4.69, 9.17) is 17.3 Å². The van der Waals surface area contributed by atoms with E-state index < -0.39 is 0 Å². The first-order chi connectivity index (χ1) is 7.25. The molecule has 0 aromatic heterocycles. The Morgan fingerprint density at radius 2 is 2.33 bits per heavy atom. The van der Waals surface area contributed by atoms with Crippen molar-refractivity contribution in [2.24, 2.45) is 11.7 Å². The van der Waals surface area contributed by atoms with E-state index in [-0.39, 0.29) is 0 Å². The molecular formula is C12H16ClNS. The fourth-order valence-electron chi connectivity index (χ4n) is 2.02. The lowest BCUT2D eigenvalue weighted by atomic mass is 9.91. The molecule has 15 heavy (non-hydrogen) atoms. The molecule has 0 aliphatic carbocycles. The Morgan fingerprint density at radius 1 is 1.47 bits per heavy atom. The van der Waals surface area contributed by atoms with Gasteiger partial charge >= 0.3 is 0 Å². The Bertz CT molecular complexity index is 329. The predicted octanol–water partition coefficient (Wildman–Crippen LogP) is 2.96. The van der Waals surface area contributed by atoms with Gasteiger partial charge in [0.15, 0.2) is 0 Å². The number of hydrogen-bond donors (Lipinski definition) is 1. The fourth-order valence-corrected chi connectivity index (χ4v) is 3.42. The molecule has 1 aromatic carbocycles. The molecule has 3 heteroatoms. The van der Waals surface area contributed by atoms with Crippen LogP contribution in [0.5, 0.6) is 0 Å². The first kappa shape index (κ1) is 11.3. The molecule has 0 spiro atoms. The van der Waals surface area contributed by atoms with Crippen LogP contribution in [0.15, 0.2) is 24.3 Å². The Morgan fingerprint density at radius 3 is 3.07 bits per heavy atom. The van der Waals surface area contributed by atoms with Crippen molar-refractivity contribution >= 4 is 23.4 Å². The minimum absolute atomic E-state index is 0.350. The second-order valence-corrected chi connectivity index (χ2v) is 5.71. The zero-order chi connectivity index (χ0) is 10.7. The van der Waals surface area contributed by atoms with Gasteiger partial charge in [0.25, 0.3) is 0 Å². The van der Waals surface area contributed by atoms with Crippen LogP contribution >= 0.6 is 23.4 Å². The monoisotopic (exact) mass is 241 g/mol. The van der Waals surface area contributed by atoms with Crippen molar-refractivity contribution in [1.29, 1.82) is 0 Å². The number of hydrogen-bond acceptors (Lipinski definition) is 2. The molecule has 2 N–H and O–H groups in total. The lowest BCUT2D eigenvalue weighted by Gasteiger charge is -2.28. The molecule has 1 aliphatic heterocycles. The normalized spacial score (nSPS) is 26.5. The van der Waals surface area contributed by atoms with Crippen LogP contribution in [0.4, 0.5) is 0 Å². The van der Waals surface area contributed by atoms with E-state index in [1.807, 2.05) is 23.9 Å². The zero-order valence-electron chi connectivity index (χ0n) is 8.66. The lowest BCUT2D eigenvalue weighted by Crippen LogP contribution is -2.37. The maximum Gasteiger partial charge on any atom is 0.0408 e. The molecule has 1 heterocycles. The average molecular weight is 242 g/mol. The third kappa shape index (κ3) is 3.13. The van der Waals surface area contributed by atoms with Crippen LogP contribution < -0.4 is 5.73 Å². The van der Waals surface area contributed by atoms with Crippen LogP contribution in [0.2, 0.25) is 5.02 Å². The molecule has 0 radical (unpaired) electrons. The highest BCUT2D eigenvalue weighted by molar-refractivity contribution is 7.99. The molecule has 1 aromatic rings. The quantitative estimate of drug-likeness (QED) is 0.862. The van der Waals surface area contributed by atoms with E-state index in [1.54, 1.807) is 0 Å². The lowest BCUT2D eigenvalue weighted by molar-refractivity contribution is 0.425. The Hall–Kier alpha value is -0.180. The van der Waals surface area contributed by atoms with Crippen molar-refractivity contribution in [3.63, 3.8) is 0 Å². The molecule has 1 saturated heterocycles. The summed E-state index contributed by atoms with van der Waals surface area (Å²) in [5.74, 6) is 2.98. The molecule has 2 rings (SSSR count). The largest absolute Gasteiger partial charge is 0.327 e. The molecule has 1 nitrogen and oxygen atoms in total. The van der Waals surface area contributed by atoms with E-state index in [0.717, 1.165) is 17.2 Å². The van der Waals surface area contributed by atoms with Crippen molar-refractivity contribution < 1.29 is 0 Å². The molecule has 1 fully saturated rings. The number of rotatable bonds is 2. The first-order valence-electron chi connectivity index (χ1n) is 5.33. The Labute approximate surface area is 100 Å². The summed E-state index contributed by atoms with van der Waals surface area (Å²) in [6.07, 6.45) is 2.31. The van der Waals surface area contributed by atoms with Crippen molar-refractivity contribution in [1.82, 2.24) is 0 Å². The van der Waals surface area contributed by atoms with Crippen LogP contribution in [-0.4, -0.2) is 17.5 Å². The summed E-state index contributed by atoms with van der Waals surface area (Å²) in [6.45, 7) is 0. The highest BCUT2D eigenvalue weighted by atomic mass is 35.5. The summed E-state index contributed by atoms with van der Waals surface area (Å²) >= 11 is 7.93. The summed E-state index contributed by atoms with van der Waals surface area (Å²) in [5.41, 5.74) is 7.43. The van der Waals surface area contributed by atoms with Gasteiger partial charge in [-0.1, -0.05) is 23.7 Å². The summed E-state index contributed by atoms with van der Waals surface area (Å²) in [4.78, 5) is 0. The van der Waals surface area contributed by atoms with Gasteiger partial charge in [-0.25, -0.2) is 0 Å². The third-order valence-corrected chi connectivity index (χ3v) is 4.32. The minimum Gasteiger partial charge on any atom is -0.327 e. The van der Waals surface area contributed by atoms with Crippen molar-refractivity contribution in [3.05, 3.63) is 34.9 Å². The molecule has 2 atom stereocenters. The van der Waals surface area contributed by atoms with Gasteiger partial charge in [-0.15, -0.1) is 0 Å². The highest BCUT2D eigenvalue weighted by Gasteiger charge is 2.22. The highest BCUT2D eigenvalue weighted by Crippen LogP contribution is 2.26. The molecule has 0 bridgehead atoms. The predicted molar refractivity (Wildman–Crippen MR) is 68.6 cm³/mol. The summed E-state index contributed by atoms with van der Waals surface area (Å²) < 4.78 is 0. The third-order valence-electron chi connectivity index (χ3n) is 2.94. The average Bonchev–Trinajstić information content (AvgIpc) is 2.22. The first-order valence-corrected chi connectivity index (χ1v) is 6.87. The van der Waals surface area contributed by atoms with Gasteiger partial charge in [0.1, 0.15) is 0 Å². The molecule has 0 saturated carbocycles. The molecule has 0 amide bonds. The van der Waals surface area contributed by atoms with Crippen LogP contribution in [0, 0.1) is 5.92 Å². The van der Waals surface area contributed by atoms with Crippen LogP contribution in [0.1, 0.15) is 12.0 Å². The second-order valence-electron chi connectivity index (χ2n) is 4.12. The van der Waals surface area contributed by atoms with Gasteiger partial charge in [-0.3, -0.25) is 0 Å².